The zero-order chi connectivity index (χ0) is 14.9. The number of sulfone groups is 1. The number of amides is 1. The van der Waals surface area contributed by atoms with E-state index in [0.29, 0.717) is 18.7 Å². The first-order valence-electron chi connectivity index (χ1n) is 6.22. The molecule has 1 N–H and O–H groups in total. The molecule has 20 heavy (non-hydrogen) atoms. The Morgan fingerprint density at radius 2 is 2.20 bits per heavy atom. The van der Waals surface area contributed by atoms with Gasteiger partial charge < -0.3 is 10.0 Å². The number of aliphatic hydroxyl groups is 1. The van der Waals surface area contributed by atoms with Gasteiger partial charge in [-0.3, -0.25) is 4.79 Å². The van der Waals surface area contributed by atoms with Crippen LogP contribution < -0.4 is 0 Å². The van der Waals surface area contributed by atoms with Crippen molar-refractivity contribution in [1.82, 2.24) is 4.90 Å². The first kappa shape index (κ1) is 15.3. The summed E-state index contributed by atoms with van der Waals surface area (Å²) in [7, 11) is -3.47. The van der Waals surface area contributed by atoms with E-state index in [0.717, 1.165) is 12.7 Å². The Hall–Kier alpha value is -1.11. The molecule has 0 saturated carbocycles. The molecule has 0 spiro atoms. The molecule has 1 amide bonds. The van der Waals surface area contributed by atoms with Crippen LogP contribution in [0.15, 0.2) is 23.1 Å². The summed E-state index contributed by atoms with van der Waals surface area (Å²) in [5, 5.41) is 9.20. The summed E-state index contributed by atoms with van der Waals surface area (Å²) in [6.07, 6.45) is 1.81. The van der Waals surface area contributed by atoms with Crippen molar-refractivity contribution in [3.8, 4) is 0 Å². The Kier molecular flexibility index (Phi) is 4.36. The van der Waals surface area contributed by atoms with Gasteiger partial charge in [0.05, 0.1) is 9.92 Å². The van der Waals surface area contributed by atoms with Crippen molar-refractivity contribution in [1.29, 1.82) is 0 Å². The van der Waals surface area contributed by atoms with Crippen molar-refractivity contribution in [2.24, 2.45) is 5.92 Å². The van der Waals surface area contributed by atoms with Gasteiger partial charge in [-0.2, -0.15) is 0 Å². The second kappa shape index (κ2) is 5.71. The fourth-order valence-electron chi connectivity index (χ4n) is 2.27. The van der Waals surface area contributed by atoms with Crippen LogP contribution in [-0.4, -0.2) is 50.3 Å². The Morgan fingerprint density at radius 1 is 1.50 bits per heavy atom. The number of hydrogen-bond donors (Lipinski definition) is 1. The van der Waals surface area contributed by atoms with Crippen molar-refractivity contribution >= 4 is 27.3 Å². The minimum atomic E-state index is -3.47. The maximum Gasteiger partial charge on any atom is 0.253 e. The van der Waals surface area contributed by atoms with Gasteiger partial charge >= 0.3 is 0 Å². The summed E-state index contributed by atoms with van der Waals surface area (Å²) in [4.78, 5) is 13.9. The molecule has 1 fully saturated rings. The molecular formula is C13H16ClNO4S. The Balaban J connectivity index is 2.28. The first-order valence-corrected chi connectivity index (χ1v) is 8.49. The highest BCUT2D eigenvalue weighted by atomic mass is 35.5. The topological polar surface area (TPSA) is 74.7 Å². The number of rotatable bonds is 3. The van der Waals surface area contributed by atoms with Crippen molar-refractivity contribution < 1.29 is 18.3 Å². The molecule has 7 heteroatoms. The van der Waals surface area contributed by atoms with E-state index in [9.17, 15) is 13.2 Å². The van der Waals surface area contributed by atoms with Crippen LogP contribution in [0.1, 0.15) is 16.8 Å². The minimum absolute atomic E-state index is 0.0390. The van der Waals surface area contributed by atoms with Crippen molar-refractivity contribution in [3.63, 3.8) is 0 Å². The fraction of sp³-hybridized carbons (Fsp3) is 0.462. The third-order valence-electron chi connectivity index (χ3n) is 3.41. The summed E-state index contributed by atoms with van der Waals surface area (Å²) < 4.78 is 23.2. The van der Waals surface area contributed by atoms with Crippen LogP contribution in [0.25, 0.3) is 0 Å². The zero-order valence-corrected chi connectivity index (χ0v) is 12.6. The second-order valence-electron chi connectivity index (χ2n) is 5.01. The van der Waals surface area contributed by atoms with Gasteiger partial charge in [0.2, 0.25) is 0 Å². The lowest BCUT2D eigenvalue weighted by Gasteiger charge is -2.16. The van der Waals surface area contributed by atoms with Gasteiger partial charge in [0.1, 0.15) is 0 Å². The smallest absolute Gasteiger partial charge is 0.253 e. The van der Waals surface area contributed by atoms with Gasteiger partial charge in [-0.1, -0.05) is 11.6 Å². The summed E-state index contributed by atoms with van der Waals surface area (Å²) in [5.41, 5.74) is 0.299. The highest BCUT2D eigenvalue weighted by molar-refractivity contribution is 7.90. The molecular weight excluding hydrogens is 302 g/mol. The van der Waals surface area contributed by atoms with Crippen LogP contribution in [0.5, 0.6) is 0 Å². The van der Waals surface area contributed by atoms with E-state index < -0.39 is 9.84 Å². The van der Waals surface area contributed by atoms with Crippen LogP contribution in [0.4, 0.5) is 0 Å². The SMILES string of the molecule is CS(=O)(=O)c1cc(C(=O)N2CCC(CO)C2)ccc1Cl. The Morgan fingerprint density at radius 3 is 2.75 bits per heavy atom. The van der Waals surface area contributed by atoms with E-state index in [1.54, 1.807) is 4.90 Å². The largest absolute Gasteiger partial charge is 0.396 e. The number of carbonyl (C=O) groups excluding carboxylic acids is 1. The van der Waals surface area contributed by atoms with Crippen molar-refractivity contribution in [3.05, 3.63) is 28.8 Å². The standard InChI is InChI=1S/C13H16ClNO4S/c1-20(18,19)12-6-10(2-3-11(12)14)13(17)15-5-4-9(7-15)8-16/h2-3,6,9,16H,4-5,7-8H2,1H3. The third kappa shape index (κ3) is 3.13. The van der Waals surface area contributed by atoms with E-state index >= 15 is 0 Å². The number of carbonyl (C=O) groups is 1. The minimum Gasteiger partial charge on any atom is -0.396 e. The average Bonchev–Trinajstić information content (AvgIpc) is 2.86. The van der Waals surface area contributed by atoms with Gasteiger partial charge in [-0.15, -0.1) is 0 Å². The predicted molar refractivity (Wildman–Crippen MR) is 75.7 cm³/mol. The highest BCUT2D eigenvalue weighted by Gasteiger charge is 2.27. The number of nitrogens with zero attached hydrogens (tertiary/aromatic N) is 1. The maximum absolute atomic E-state index is 12.3. The third-order valence-corrected chi connectivity index (χ3v) is 4.99. The highest BCUT2D eigenvalue weighted by Crippen LogP contribution is 2.24. The molecule has 2 rings (SSSR count). The lowest BCUT2D eigenvalue weighted by molar-refractivity contribution is 0.0781. The zero-order valence-electron chi connectivity index (χ0n) is 11.0. The van der Waals surface area contributed by atoms with Crippen LogP contribution in [-0.2, 0) is 9.84 Å². The van der Waals surface area contributed by atoms with E-state index in [1.807, 2.05) is 0 Å². The average molecular weight is 318 g/mol. The normalized spacial score (nSPS) is 19.4. The van der Waals surface area contributed by atoms with Gasteiger partial charge in [0.15, 0.2) is 9.84 Å². The summed E-state index contributed by atoms with van der Waals surface area (Å²) in [6.45, 7) is 1.12. The summed E-state index contributed by atoms with van der Waals surface area (Å²) in [6, 6.07) is 4.25. The number of halogens is 1. The molecule has 1 aromatic rings. The van der Waals surface area contributed by atoms with E-state index in [2.05, 4.69) is 0 Å². The van der Waals surface area contributed by atoms with Gasteiger partial charge in [0, 0.05) is 37.4 Å². The molecule has 110 valence electrons. The molecule has 1 unspecified atom stereocenters. The molecule has 5 nitrogen and oxygen atoms in total. The van der Waals surface area contributed by atoms with Gasteiger partial charge in [-0.25, -0.2) is 8.42 Å². The quantitative estimate of drug-likeness (QED) is 0.909. The summed E-state index contributed by atoms with van der Waals surface area (Å²) >= 11 is 5.85. The summed E-state index contributed by atoms with van der Waals surface area (Å²) in [5.74, 6) is -0.136. The van der Waals surface area contributed by atoms with Crippen LogP contribution in [0.3, 0.4) is 0 Å². The molecule has 1 saturated heterocycles. The number of likely N-dealkylation sites (tertiary alicyclic amines) is 1. The van der Waals surface area contributed by atoms with Gasteiger partial charge in [0.25, 0.3) is 5.91 Å². The molecule has 0 aromatic heterocycles. The molecule has 1 heterocycles. The van der Waals surface area contributed by atoms with Crippen LogP contribution in [0, 0.1) is 5.92 Å². The molecule has 0 bridgehead atoms. The molecule has 0 radical (unpaired) electrons. The van der Waals surface area contributed by atoms with Crippen molar-refractivity contribution in [2.75, 3.05) is 26.0 Å². The van der Waals surface area contributed by atoms with Crippen molar-refractivity contribution in [2.45, 2.75) is 11.3 Å². The lowest BCUT2D eigenvalue weighted by atomic mass is 10.1. The number of aliphatic hydroxyl groups excluding tert-OH is 1. The Bertz CT molecular complexity index is 629. The number of hydrogen-bond acceptors (Lipinski definition) is 4. The second-order valence-corrected chi connectivity index (χ2v) is 7.40. The number of benzene rings is 1. The first-order chi connectivity index (χ1) is 9.32. The van der Waals surface area contributed by atoms with E-state index in [-0.39, 0.29) is 28.4 Å². The maximum atomic E-state index is 12.3. The monoisotopic (exact) mass is 317 g/mol. The molecule has 1 aliphatic rings. The molecule has 1 atom stereocenters. The van der Waals surface area contributed by atoms with E-state index in [4.69, 9.17) is 16.7 Å². The molecule has 1 aliphatic heterocycles. The lowest BCUT2D eigenvalue weighted by Crippen LogP contribution is -2.29. The van der Waals surface area contributed by atoms with Gasteiger partial charge in [-0.05, 0) is 24.6 Å². The molecule has 1 aromatic carbocycles. The fourth-order valence-corrected chi connectivity index (χ4v) is 3.57. The van der Waals surface area contributed by atoms with Crippen LogP contribution >= 0.6 is 11.6 Å². The van der Waals surface area contributed by atoms with E-state index in [1.165, 1.54) is 18.2 Å². The van der Waals surface area contributed by atoms with Crippen LogP contribution in [0.2, 0.25) is 5.02 Å². The Labute approximate surface area is 123 Å². The molecule has 0 aliphatic carbocycles. The predicted octanol–water partition coefficient (Wildman–Crippen LogP) is 1.20.